The van der Waals surface area contributed by atoms with Crippen molar-refractivity contribution in [3.05, 3.63) is 71.6 Å². The summed E-state index contributed by atoms with van der Waals surface area (Å²) in [7, 11) is 0. The number of Topliss-reactive ketones (excluding diaryl/α,β-unsaturated/α-hetero) is 1. The van der Waals surface area contributed by atoms with E-state index in [0.717, 1.165) is 6.08 Å². The number of rotatable bonds is 6. The van der Waals surface area contributed by atoms with Gasteiger partial charge < -0.3 is 10.1 Å². The summed E-state index contributed by atoms with van der Waals surface area (Å²) >= 11 is 0. The first-order valence-electron chi connectivity index (χ1n) is 7.91. The first-order valence-corrected chi connectivity index (χ1v) is 7.91. The van der Waals surface area contributed by atoms with Crippen LogP contribution in [0.15, 0.2) is 54.6 Å². The predicted molar refractivity (Wildman–Crippen MR) is 96.1 cm³/mol. The highest BCUT2D eigenvalue weighted by Crippen LogP contribution is 2.12. The molecule has 0 aromatic heterocycles. The Hall–Kier alpha value is -3.28. The van der Waals surface area contributed by atoms with Crippen LogP contribution in [0.4, 0.5) is 10.1 Å². The van der Waals surface area contributed by atoms with Crippen LogP contribution >= 0.6 is 0 Å². The Morgan fingerprint density at radius 1 is 1.12 bits per heavy atom. The molecule has 5 nitrogen and oxygen atoms in total. The van der Waals surface area contributed by atoms with Gasteiger partial charge in [0.15, 0.2) is 11.9 Å². The van der Waals surface area contributed by atoms with Crippen LogP contribution in [0.2, 0.25) is 0 Å². The molecule has 0 saturated carbocycles. The summed E-state index contributed by atoms with van der Waals surface area (Å²) < 4.78 is 18.1. The second-order valence-corrected chi connectivity index (χ2v) is 5.59. The summed E-state index contributed by atoms with van der Waals surface area (Å²) in [6, 6.07) is 12.2. The number of ether oxygens (including phenoxy) is 1. The van der Waals surface area contributed by atoms with Gasteiger partial charge in [-0.05, 0) is 49.8 Å². The number of anilines is 1. The molecule has 0 bridgehead atoms. The minimum absolute atomic E-state index is 0.122. The monoisotopic (exact) mass is 355 g/mol. The fourth-order valence-electron chi connectivity index (χ4n) is 2.10. The Bertz CT molecular complexity index is 860. The minimum atomic E-state index is -1.04. The lowest BCUT2D eigenvalue weighted by molar-refractivity contribution is -0.148. The number of nitrogens with one attached hydrogen (secondary N) is 1. The van der Waals surface area contributed by atoms with E-state index in [4.69, 9.17) is 4.74 Å². The van der Waals surface area contributed by atoms with E-state index < -0.39 is 23.8 Å². The highest BCUT2D eigenvalue weighted by atomic mass is 19.1. The molecular formula is C20H18FNO4. The van der Waals surface area contributed by atoms with Crippen molar-refractivity contribution in [1.29, 1.82) is 0 Å². The molecule has 6 heteroatoms. The molecule has 0 fully saturated rings. The Labute approximate surface area is 150 Å². The lowest BCUT2D eigenvalue weighted by Gasteiger charge is -2.12. The maximum Gasteiger partial charge on any atom is 0.331 e. The normalized spacial score (nSPS) is 11.8. The lowest BCUT2D eigenvalue weighted by Crippen LogP contribution is -2.29. The van der Waals surface area contributed by atoms with Crippen LogP contribution in [-0.4, -0.2) is 23.8 Å². The average molecular weight is 355 g/mol. The van der Waals surface area contributed by atoms with Crippen molar-refractivity contribution in [2.75, 3.05) is 5.32 Å². The van der Waals surface area contributed by atoms with Crippen LogP contribution in [0.5, 0.6) is 0 Å². The van der Waals surface area contributed by atoms with E-state index in [9.17, 15) is 18.8 Å². The maximum absolute atomic E-state index is 13.1. The number of esters is 1. The predicted octanol–water partition coefficient (Wildman–Crippen LogP) is 3.61. The van der Waals surface area contributed by atoms with E-state index >= 15 is 0 Å². The van der Waals surface area contributed by atoms with Crippen LogP contribution in [0.3, 0.4) is 0 Å². The quantitative estimate of drug-likeness (QED) is 0.488. The second kappa shape index (κ2) is 8.71. The largest absolute Gasteiger partial charge is 0.449 e. The van der Waals surface area contributed by atoms with E-state index in [0.29, 0.717) is 16.8 Å². The number of benzene rings is 2. The Morgan fingerprint density at radius 3 is 2.54 bits per heavy atom. The number of amides is 1. The standard InChI is InChI=1S/C20H18FNO4/c1-13(23)16-6-4-8-18(12-16)22-20(25)14(2)26-19(24)10-9-15-5-3-7-17(21)11-15/h3-12,14H,1-2H3,(H,22,25)/b10-9+. The van der Waals surface area contributed by atoms with Crippen molar-refractivity contribution in [2.45, 2.75) is 20.0 Å². The molecule has 1 unspecified atom stereocenters. The van der Waals surface area contributed by atoms with Gasteiger partial charge >= 0.3 is 5.97 Å². The summed E-state index contributed by atoms with van der Waals surface area (Å²) in [5.74, 6) is -1.79. The molecule has 0 aliphatic carbocycles. The summed E-state index contributed by atoms with van der Waals surface area (Å²) in [6.07, 6.45) is 1.47. The number of hydrogen-bond donors (Lipinski definition) is 1. The van der Waals surface area contributed by atoms with Crippen LogP contribution in [-0.2, 0) is 14.3 Å². The van der Waals surface area contributed by atoms with Crippen molar-refractivity contribution in [3.63, 3.8) is 0 Å². The van der Waals surface area contributed by atoms with Gasteiger partial charge in [0.1, 0.15) is 5.82 Å². The number of ketones is 1. The molecule has 0 aliphatic heterocycles. The van der Waals surface area contributed by atoms with Gasteiger partial charge in [0.05, 0.1) is 0 Å². The third-order valence-electron chi connectivity index (χ3n) is 3.46. The van der Waals surface area contributed by atoms with Crippen molar-refractivity contribution in [2.24, 2.45) is 0 Å². The minimum Gasteiger partial charge on any atom is -0.449 e. The SMILES string of the molecule is CC(=O)c1cccc(NC(=O)C(C)OC(=O)/C=C/c2cccc(F)c2)c1. The molecular weight excluding hydrogens is 337 g/mol. The molecule has 1 amide bonds. The lowest BCUT2D eigenvalue weighted by atomic mass is 10.1. The van der Waals surface area contributed by atoms with Gasteiger partial charge in [-0.1, -0.05) is 24.3 Å². The molecule has 0 spiro atoms. The maximum atomic E-state index is 13.1. The van der Waals surface area contributed by atoms with E-state index in [2.05, 4.69) is 5.32 Å². The summed E-state index contributed by atoms with van der Waals surface area (Å²) in [6.45, 7) is 2.86. The first-order chi connectivity index (χ1) is 12.3. The fraction of sp³-hybridized carbons (Fsp3) is 0.150. The molecule has 2 rings (SSSR count). The third kappa shape index (κ3) is 5.66. The molecule has 2 aromatic carbocycles. The van der Waals surface area contributed by atoms with Crippen LogP contribution < -0.4 is 5.32 Å². The first kappa shape index (κ1) is 19.1. The van der Waals surface area contributed by atoms with Crippen molar-refractivity contribution >= 4 is 29.4 Å². The van der Waals surface area contributed by atoms with Gasteiger partial charge in [0, 0.05) is 17.3 Å². The molecule has 0 saturated heterocycles. The van der Waals surface area contributed by atoms with Crippen LogP contribution in [0.1, 0.15) is 29.8 Å². The van der Waals surface area contributed by atoms with Crippen molar-refractivity contribution in [3.8, 4) is 0 Å². The van der Waals surface area contributed by atoms with Gasteiger partial charge in [-0.2, -0.15) is 0 Å². The molecule has 0 heterocycles. The number of carbonyl (C=O) groups excluding carboxylic acids is 3. The topological polar surface area (TPSA) is 72.5 Å². The summed E-state index contributed by atoms with van der Waals surface area (Å²) in [4.78, 5) is 35.2. The molecule has 1 N–H and O–H groups in total. The van der Waals surface area contributed by atoms with E-state index in [1.807, 2.05) is 0 Å². The van der Waals surface area contributed by atoms with Gasteiger partial charge in [0.2, 0.25) is 0 Å². The number of carbonyl (C=O) groups is 3. The van der Waals surface area contributed by atoms with Crippen LogP contribution in [0.25, 0.3) is 6.08 Å². The zero-order valence-corrected chi connectivity index (χ0v) is 14.4. The Kier molecular flexibility index (Phi) is 6.38. The molecule has 26 heavy (non-hydrogen) atoms. The second-order valence-electron chi connectivity index (χ2n) is 5.59. The number of halogens is 1. The highest BCUT2D eigenvalue weighted by Gasteiger charge is 2.17. The Morgan fingerprint density at radius 2 is 1.85 bits per heavy atom. The highest BCUT2D eigenvalue weighted by molar-refractivity contribution is 5.99. The third-order valence-corrected chi connectivity index (χ3v) is 3.46. The molecule has 0 radical (unpaired) electrons. The van der Waals surface area contributed by atoms with Gasteiger partial charge in [-0.3, -0.25) is 9.59 Å². The van der Waals surface area contributed by atoms with Gasteiger partial charge in [0.25, 0.3) is 5.91 Å². The smallest absolute Gasteiger partial charge is 0.331 e. The van der Waals surface area contributed by atoms with Crippen molar-refractivity contribution < 1.29 is 23.5 Å². The van der Waals surface area contributed by atoms with Gasteiger partial charge in [-0.25, -0.2) is 9.18 Å². The summed E-state index contributed by atoms with van der Waals surface area (Å²) in [5, 5.41) is 2.58. The number of hydrogen-bond acceptors (Lipinski definition) is 4. The fourth-order valence-corrected chi connectivity index (χ4v) is 2.10. The molecule has 1 atom stereocenters. The van der Waals surface area contributed by atoms with E-state index in [-0.39, 0.29) is 5.78 Å². The van der Waals surface area contributed by atoms with E-state index in [1.54, 1.807) is 30.3 Å². The van der Waals surface area contributed by atoms with E-state index in [1.165, 1.54) is 38.1 Å². The van der Waals surface area contributed by atoms with Gasteiger partial charge in [-0.15, -0.1) is 0 Å². The van der Waals surface area contributed by atoms with Crippen LogP contribution in [0, 0.1) is 5.82 Å². The Balaban J connectivity index is 1.93. The summed E-state index contributed by atoms with van der Waals surface area (Å²) in [5.41, 5.74) is 1.39. The zero-order chi connectivity index (χ0) is 19.1. The zero-order valence-electron chi connectivity index (χ0n) is 14.4. The molecule has 134 valence electrons. The molecule has 0 aliphatic rings. The van der Waals surface area contributed by atoms with Crippen molar-refractivity contribution in [1.82, 2.24) is 0 Å². The average Bonchev–Trinajstić information content (AvgIpc) is 2.60. The molecule has 2 aromatic rings.